The number of anilines is 1. The molecule has 4 heteroatoms. The van der Waals surface area contributed by atoms with Crippen LogP contribution in [0.3, 0.4) is 0 Å². The van der Waals surface area contributed by atoms with Gasteiger partial charge in [-0.25, -0.2) is 4.79 Å². The van der Waals surface area contributed by atoms with E-state index in [1.54, 1.807) is 13.0 Å². The van der Waals surface area contributed by atoms with E-state index in [0.717, 1.165) is 12.2 Å². The quantitative estimate of drug-likeness (QED) is 0.746. The normalized spacial score (nSPS) is 10.2. The lowest BCUT2D eigenvalue weighted by Gasteiger charge is -2.05. The number of carbonyl (C=O) groups is 1. The van der Waals surface area contributed by atoms with Crippen molar-refractivity contribution in [3.8, 4) is 0 Å². The highest BCUT2D eigenvalue weighted by atomic mass is 16.5. The average molecular weight is 196 g/mol. The Morgan fingerprint density at radius 2 is 2.21 bits per heavy atom. The van der Waals surface area contributed by atoms with E-state index < -0.39 is 0 Å². The fourth-order valence-electron chi connectivity index (χ4n) is 1.49. The van der Waals surface area contributed by atoms with E-state index >= 15 is 0 Å². The second-order valence-electron chi connectivity index (χ2n) is 3.05. The standard InChI is InChI=1S/C10H16N2O2/c1-4-12-7(3)6-8(9(12)11)10(13)14-5-2/h6H,4-5,11H2,1-3H3. The monoisotopic (exact) mass is 196 g/mol. The smallest absolute Gasteiger partial charge is 0.341 e. The number of nitrogens with two attached hydrogens (primary N) is 1. The van der Waals surface area contributed by atoms with Crippen LogP contribution in [0.1, 0.15) is 29.9 Å². The molecule has 0 atom stereocenters. The van der Waals surface area contributed by atoms with Crippen molar-refractivity contribution in [3.63, 3.8) is 0 Å². The fourth-order valence-corrected chi connectivity index (χ4v) is 1.49. The molecule has 0 bridgehead atoms. The van der Waals surface area contributed by atoms with Crippen molar-refractivity contribution in [2.75, 3.05) is 12.3 Å². The first-order valence-corrected chi connectivity index (χ1v) is 4.74. The molecule has 0 spiro atoms. The maximum Gasteiger partial charge on any atom is 0.341 e. The van der Waals surface area contributed by atoms with Crippen molar-refractivity contribution in [1.29, 1.82) is 0 Å². The Labute approximate surface area is 83.7 Å². The summed E-state index contributed by atoms with van der Waals surface area (Å²) in [4.78, 5) is 11.4. The first-order chi connectivity index (χ1) is 6.61. The minimum Gasteiger partial charge on any atom is -0.462 e. The molecule has 14 heavy (non-hydrogen) atoms. The van der Waals surface area contributed by atoms with Gasteiger partial charge in [0, 0.05) is 12.2 Å². The number of nitrogen functional groups attached to an aromatic ring is 1. The highest BCUT2D eigenvalue weighted by molar-refractivity contribution is 5.94. The fraction of sp³-hybridized carbons (Fsp3) is 0.500. The van der Waals surface area contributed by atoms with Gasteiger partial charge in [-0.05, 0) is 26.8 Å². The summed E-state index contributed by atoms with van der Waals surface area (Å²) in [6.07, 6.45) is 0. The Morgan fingerprint density at radius 1 is 1.57 bits per heavy atom. The predicted octanol–water partition coefficient (Wildman–Crippen LogP) is 1.58. The van der Waals surface area contributed by atoms with Crippen LogP contribution in [0.2, 0.25) is 0 Å². The van der Waals surface area contributed by atoms with Crippen LogP contribution >= 0.6 is 0 Å². The molecule has 1 heterocycles. The predicted molar refractivity (Wildman–Crippen MR) is 55.2 cm³/mol. The Balaban J connectivity index is 3.04. The topological polar surface area (TPSA) is 57.2 Å². The molecule has 78 valence electrons. The number of hydrogen-bond donors (Lipinski definition) is 1. The molecule has 4 nitrogen and oxygen atoms in total. The number of hydrogen-bond acceptors (Lipinski definition) is 3. The molecule has 0 saturated carbocycles. The van der Waals surface area contributed by atoms with Crippen LogP contribution in [-0.2, 0) is 11.3 Å². The van der Waals surface area contributed by atoms with Gasteiger partial charge < -0.3 is 15.0 Å². The molecule has 0 unspecified atom stereocenters. The minimum atomic E-state index is -0.347. The zero-order chi connectivity index (χ0) is 10.7. The molecule has 0 aliphatic carbocycles. The number of esters is 1. The maximum atomic E-state index is 11.4. The first kappa shape index (κ1) is 10.6. The Bertz CT molecular complexity index is 342. The van der Waals surface area contributed by atoms with E-state index in [4.69, 9.17) is 10.5 Å². The SMILES string of the molecule is CCOC(=O)c1cc(C)n(CC)c1N. The molecule has 0 saturated heterocycles. The van der Waals surface area contributed by atoms with Gasteiger partial charge in [-0.3, -0.25) is 0 Å². The van der Waals surface area contributed by atoms with Crippen LogP contribution in [0.15, 0.2) is 6.07 Å². The minimum absolute atomic E-state index is 0.347. The zero-order valence-electron chi connectivity index (χ0n) is 8.83. The third-order valence-corrected chi connectivity index (χ3v) is 2.16. The van der Waals surface area contributed by atoms with Gasteiger partial charge in [-0.2, -0.15) is 0 Å². The van der Waals surface area contributed by atoms with Crippen LogP contribution in [-0.4, -0.2) is 17.1 Å². The van der Waals surface area contributed by atoms with E-state index in [9.17, 15) is 4.79 Å². The third kappa shape index (κ3) is 1.73. The number of aryl methyl sites for hydroxylation is 1. The highest BCUT2D eigenvalue weighted by Gasteiger charge is 2.16. The number of ether oxygens (including phenoxy) is 1. The molecule has 0 fully saturated rings. The van der Waals surface area contributed by atoms with Crippen molar-refractivity contribution in [1.82, 2.24) is 4.57 Å². The molecule has 1 rings (SSSR count). The van der Waals surface area contributed by atoms with Crippen molar-refractivity contribution >= 4 is 11.8 Å². The molecule has 1 aromatic rings. The van der Waals surface area contributed by atoms with E-state index in [-0.39, 0.29) is 5.97 Å². The van der Waals surface area contributed by atoms with Crippen molar-refractivity contribution in [3.05, 3.63) is 17.3 Å². The van der Waals surface area contributed by atoms with Crippen molar-refractivity contribution in [2.45, 2.75) is 27.3 Å². The largest absolute Gasteiger partial charge is 0.462 e. The van der Waals surface area contributed by atoms with Gasteiger partial charge in [-0.15, -0.1) is 0 Å². The van der Waals surface area contributed by atoms with Crippen LogP contribution in [0.5, 0.6) is 0 Å². The van der Waals surface area contributed by atoms with Crippen LogP contribution < -0.4 is 5.73 Å². The molecule has 0 aliphatic heterocycles. The van der Waals surface area contributed by atoms with Crippen molar-refractivity contribution < 1.29 is 9.53 Å². The van der Waals surface area contributed by atoms with E-state index in [0.29, 0.717) is 18.0 Å². The van der Waals surface area contributed by atoms with E-state index in [2.05, 4.69) is 0 Å². The summed E-state index contributed by atoms with van der Waals surface area (Å²) in [5, 5.41) is 0. The van der Waals surface area contributed by atoms with E-state index in [1.807, 2.05) is 18.4 Å². The second-order valence-corrected chi connectivity index (χ2v) is 3.05. The first-order valence-electron chi connectivity index (χ1n) is 4.74. The van der Waals surface area contributed by atoms with Gasteiger partial charge in [-0.1, -0.05) is 0 Å². The summed E-state index contributed by atoms with van der Waals surface area (Å²) in [7, 11) is 0. The number of aromatic nitrogens is 1. The molecular weight excluding hydrogens is 180 g/mol. The number of rotatable bonds is 3. The molecule has 0 aliphatic rings. The lowest BCUT2D eigenvalue weighted by Crippen LogP contribution is -2.09. The Morgan fingerprint density at radius 3 is 2.64 bits per heavy atom. The average Bonchev–Trinajstić information content (AvgIpc) is 2.42. The summed E-state index contributed by atoms with van der Waals surface area (Å²) in [5.41, 5.74) is 7.25. The highest BCUT2D eigenvalue weighted by Crippen LogP contribution is 2.18. The molecule has 0 radical (unpaired) electrons. The molecular formula is C10H16N2O2. The van der Waals surface area contributed by atoms with Gasteiger partial charge in [0.15, 0.2) is 0 Å². The lowest BCUT2D eigenvalue weighted by molar-refractivity contribution is 0.0527. The molecule has 2 N–H and O–H groups in total. The van der Waals surface area contributed by atoms with Crippen LogP contribution in [0, 0.1) is 6.92 Å². The van der Waals surface area contributed by atoms with Crippen molar-refractivity contribution in [2.24, 2.45) is 0 Å². The Hall–Kier alpha value is -1.45. The van der Waals surface area contributed by atoms with Gasteiger partial charge >= 0.3 is 5.97 Å². The van der Waals surface area contributed by atoms with Gasteiger partial charge in [0.05, 0.1) is 6.61 Å². The van der Waals surface area contributed by atoms with Gasteiger partial charge in [0.2, 0.25) is 0 Å². The summed E-state index contributed by atoms with van der Waals surface area (Å²) < 4.78 is 6.77. The number of nitrogens with zero attached hydrogens (tertiary/aromatic N) is 1. The van der Waals surface area contributed by atoms with E-state index in [1.165, 1.54) is 0 Å². The van der Waals surface area contributed by atoms with Crippen LogP contribution in [0.25, 0.3) is 0 Å². The van der Waals surface area contributed by atoms with Gasteiger partial charge in [0.25, 0.3) is 0 Å². The lowest BCUT2D eigenvalue weighted by atomic mass is 10.3. The third-order valence-electron chi connectivity index (χ3n) is 2.16. The molecule has 1 aromatic heterocycles. The number of carbonyl (C=O) groups excluding carboxylic acids is 1. The maximum absolute atomic E-state index is 11.4. The molecule has 0 amide bonds. The van der Waals surface area contributed by atoms with Gasteiger partial charge in [0.1, 0.15) is 11.4 Å². The molecule has 0 aromatic carbocycles. The summed E-state index contributed by atoms with van der Waals surface area (Å²) in [6.45, 7) is 6.81. The van der Waals surface area contributed by atoms with Crippen LogP contribution in [0.4, 0.5) is 5.82 Å². The Kier molecular flexibility index (Phi) is 3.17. The second kappa shape index (κ2) is 4.17. The summed E-state index contributed by atoms with van der Waals surface area (Å²) in [6, 6.07) is 1.76. The zero-order valence-corrected chi connectivity index (χ0v) is 8.83. The summed E-state index contributed by atoms with van der Waals surface area (Å²) in [5.74, 6) is 0.142. The summed E-state index contributed by atoms with van der Waals surface area (Å²) >= 11 is 0.